The molecule has 0 saturated carbocycles. The fourth-order valence-corrected chi connectivity index (χ4v) is 1.68. The minimum Gasteiger partial charge on any atom is -0.496 e. The van der Waals surface area contributed by atoms with Crippen LogP contribution in [0.1, 0.15) is 5.56 Å². The molecule has 2 aromatic rings. The van der Waals surface area contributed by atoms with Gasteiger partial charge in [-0.15, -0.1) is 10.2 Å². The predicted octanol–water partition coefficient (Wildman–Crippen LogP) is 2.70. The Bertz CT molecular complexity index is 557. The SMILES string of the molecule is COc1ccc(Cl)cc1-c1cc(C)c(N)nn1. The lowest BCUT2D eigenvalue weighted by Gasteiger charge is -2.08. The molecule has 0 spiro atoms. The average molecular weight is 250 g/mol. The van der Waals surface area contributed by atoms with Crippen molar-refractivity contribution >= 4 is 17.4 Å². The summed E-state index contributed by atoms with van der Waals surface area (Å²) in [6.07, 6.45) is 0. The number of methoxy groups -OCH3 is 1. The van der Waals surface area contributed by atoms with Gasteiger partial charge in [-0.3, -0.25) is 0 Å². The Hall–Kier alpha value is -1.81. The topological polar surface area (TPSA) is 61.0 Å². The number of nitrogen functional groups attached to an aromatic ring is 1. The van der Waals surface area contributed by atoms with Crippen molar-refractivity contribution in [2.24, 2.45) is 0 Å². The molecule has 1 aromatic heterocycles. The number of nitrogens with two attached hydrogens (primary N) is 1. The summed E-state index contributed by atoms with van der Waals surface area (Å²) in [5, 5.41) is 8.56. The summed E-state index contributed by atoms with van der Waals surface area (Å²) in [6, 6.07) is 7.21. The monoisotopic (exact) mass is 249 g/mol. The van der Waals surface area contributed by atoms with Crippen molar-refractivity contribution in [2.45, 2.75) is 6.92 Å². The number of benzene rings is 1. The van der Waals surface area contributed by atoms with Crippen LogP contribution >= 0.6 is 11.6 Å². The highest BCUT2D eigenvalue weighted by Gasteiger charge is 2.09. The second kappa shape index (κ2) is 4.59. The molecule has 0 aliphatic heterocycles. The second-order valence-electron chi connectivity index (χ2n) is 3.64. The number of hydrogen-bond acceptors (Lipinski definition) is 4. The van der Waals surface area contributed by atoms with E-state index in [-0.39, 0.29) is 0 Å². The minimum atomic E-state index is 0.426. The van der Waals surface area contributed by atoms with Gasteiger partial charge in [0.05, 0.1) is 12.8 Å². The van der Waals surface area contributed by atoms with E-state index < -0.39 is 0 Å². The third-order valence-corrected chi connectivity index (χ3v) is 2.70. The first-order chi connectivity index (χ1) is 8.11. The summed E-state index contributed by atoms with van der Waals surface area (Å²) in [5.74, 6) is 1.13. The van der Waals surface area contributed by atoms with Crippen LogP contribution in [0.2, 0.25) is 5.02 Å². The van der Waals surface area contributed by atoms with E-state index in [1.807, 2.05) is 13.0 Å². The van der Waals surface area contributed by atoms with E-state index in [9.17, 15) is 0 Å². The highest BCUT2D eigenvalue weighted by Crippen LogP contribution is 2.31. The van der Waals surface area contributed by atoms with Gasteiger partial charge in [-0.1, -0.05) is 11.6 Å². The van der Waals surface area contributed by atoms with Crippen LogP contribution in [0.5, 0.6) is 5.75 Å². The molecule has 0 unspecified atom stereocenters. The average Bonchev–Trinajstić information content (AvgIpc) is 2.32. The van der Waals surface area contributed by atoms with Crippen molar-refractivity contribution in [3.63, 3.8) is 0 Å². The second-order valence-corrected chi connectivity index (χ2v) is 4.08. The fourth-order valence-electron chi connectivity index (χ4n) is 1.51. The minimum absolute atomic E-state index is 0.426. The van der Waals surface area contributed by atoms with E-state index in [4.69, 9.17) is 22.1 Å². The Morgan fingerprint density at radius 3 is 2.65 bits per heavy atom. The van der Waals surface area contributed by atoms with Crippen LogP contribution in [-0.2, 0) is 0 Å². The van der Waals surface area contributed by atoms with Crippen molar-refractivity contribution < 1.29 is 4.74 Å². The van der Waals surface area contributed by atoms with Crippen LogP contribution < -0.4 is 10.5 Å². The fraction of sp³-hybridized carbons (Fsp3) is 0.167. The van der Waals surface area contributed by atoms with Gasteiger partial charge in [0.2, 0.25) is 0 Å². The van der Waals surface area contributed by atoms with Gasteiger partial charge in [0.25, 0.3) is 0 Å². The van der Waals surface area contributed by atoms with E-state index in [1.54, 1.807) is 25.3 Å². The van der Waals surface area contributed by atoms with Crippen LogP contribution in [0.25, 0.3) is 11.3 Å². The third kappa shape index (κ3) is 2.31. The maximum Gasteiger partial charge on any atom is 0.149 e. The van der Waals surface area contributed by atoms with Crippen LogP contribution in [0, 0.1) is 6.92 Å². The van der Waals surface area contributed by atoms with Gasteiger partial charge < -0.3 is 10.5 Å². The van der Waals surface area contributed by atoms with Crippen LogP contribution in [0.4, 0.5) is 5.82 Å². The molecule has 0 amide bonds. The van der Waals surface area contributed by atoms with Crippen molar-refractivity contribution in [3.05, 3.63) is 34.9 Å². The Morgan fingerprint density at radius 2 is 2.00 bits per heavy atom. The highest BCUT2D eigenvalue weighted by molar-refractivity contribution is 6.30. The number of rotatable bonds is 2. The summed E-state index contributed by atoms with van der Waals surface area (Å²) in [7, 11) is 1.60. The summed E-state index contributed by atoms with van der Waals surface area (Å²) in [4.78, 5) is 0. The first-order valence-corrected chi connectivity index (χ1v) is 5.43. The molecule has 1 heterocycles. The number of anilines is 1. The summed E-state index contributed by atoms with van der Waals surface area (Å²) in [6.45, 7) is 1.88. The number of ether oxygens (including phenoxy) is 1. The van der Waals surface area contributed by atoms with Gasteiger partial charge in [-0.25, -0.2) is 0 Å². The highest BCUT2D eigenvalue weighted by atomic mass is 35.5. The molecule has 0 radical (unpaired) electrons. The molecule has 0 aliphatic rings. The molecular weight excluding hydrogens is 238 g/mol. The van der Waals surface area contributed by atoms with Gasteiger partial charge in [0.1, 0.15) is 11.6 Å². The number of nitrogens with zero attached hydrogens (tertiary/aromatic N) is 2. The van der Waals surface area contributed by atoms with Crippen LogP contribution in [0.15, 0.2) is 24.3 Å². The van der Waals surface area contributed by atoms with E-state index >= 15 is 0 Å². The zero-order valence-corrected chi connectivity index (χ0v) is 10.3. The summed E-state index contributed by atoms with van der Waals surface area (Å²) < 4.78 is 5.27. The lowest BCUT2D eigenvalue weighted by Crippen LogP contribution is -1.99. The van der Waals surface area contributed by atoms with E-state index in [0.29, 0.717) is 22.3 Å². The standard InChI is InChI=1S/C12H12ClN3O/c1-7-5-10(15-16-12(7)14)9-6-8(13)3-4-11(9)17-2/h3-6H,1-2H3,(H2,14,16). The molecule has 2 N–H and O–H groups in total. The van der Waals surface area contributed by atoms with Crippen molar-refractivity contribution in [2.75, 3.05) is 12.8 Å². The summed E-state index contributed by atoms with van der Waals surface area (Å²) >= 11 is 5.97. The maximum absolute atomic E-state index is 5.97. The zero-order valence-electron chi connectivity index (χ0n) is 9.57. The van der Waals surface area contributed by atoms with Gasteiger partial charge in [-0.2, -0.15) is 0 Å². The number of aryl methyl sites for hydroxylation is 1. The molecule has 2 rings (SSSR count). The molecular formula is C12H12ClN3O. The number of halogens is 1. The summed E-state index contributed by atoms with van der Waals surface area (Å²) in [5.41, 5.74) is 8.00. The normalized spacial score (nSPS) is 10.3. The molecule has 0 bridgehead atoms. The molecule has 88 valence electrons. The van der Waals surface area contributed by atoms with Crippen molar-refractivity contribution in [1.82, 2.24) is 10.2 Å². The lowest BCUT2D eigenvalue weighted by molar-refractivity contribution is 0.416. The smallest absolute Gasteiger partial charge is 0.149 e. The molecule has 4 nitrogen and oxygen atoms in total. The van der Waals surface area contributed by atoms with E-state index in [0.717, 1.165) is 11.1 Å². The molecule has 5 heteroatoms. The van der Waals surface area contributed by atoms with Gasteiger partial charge in [0.15, 0.2) is 0 Å². The first-order valence-electron chi connectivity index (χ1n) is 5.05. The Balaban J connectivity index is 2.58. The molecule has 0 fully saturated rings. The molecule has 0 saturated heterocycles. The van der Waals surface area contributed by atoms with E-state index in [2.05, 4.69) is 10.2 Å². The predicted molar refractivity (Wildman–Crippen MR) is 68.2 cm³/mol. The maximum atomic E-state index is 5.97. The van der Waals surface area contributed by atoms with Gasteiger partial charge in [-0.05, 0) is 36.8 Å². The lowest BCUT2D eigenvalue weighted by atomic mass is 10.1. The quantitative estimate of drug-likeness (QED) is 0.889. The Labute approximate surface area is 104 Å². The number of aromatic nitrogens is 2. The van der Waals surface area contributed by atoms with Crippen LogP contribution in [0.3, 0.4) is 0 Å². The number of hydrogen-bond donors (Lipinski definition) is 1. The molecule has 0 aliphatic carbocycles. The van der Waals surface area contributed by atoms with Gasteiger partial charge in [0, 0.05) is 10.6 Å². The van der Waals surface area contributed by atoms with Crippen molar-refractivity contribution in [1.29, 1.82) is 0 Å². The van der Waals surface area contributed by atoms with Gasteiger partial charge >= 0.3 is 0 Å². The third-order valence-electron chi connectivity index (χ3n) is 2.46. The Morgan fingerprint density at radius 1 is 1.24 bits per heavy atom. The zero-order chi connectivity index (χ0) is 12.4. The van der Waals surface area contributed by atoms with Crippen LogP contribution in [-0.4, -0.2) is 17.3 Å². The van der Waals surface area contributed by atoms with Crippen molar-refractivity contribution in [3.8, 4) is 17.0 Å². The molecule has 0 atom stereocenters. The Kier molecular flexibility index (Phi) is 3.15. The van der Waals surface area contributed by atoms with E-state index in [1.165, 1.54) is 0 Å². The molecule has 1 aromatic carbocycles. The largest absolute Gasteiger partial charge is 0.496 e. The first kappa shape index (κ1) is 11.7. The molecule has 17 heavy (non-hydrogen) atoms.